The van der Waals surface area contributed by atoms with Crippen LogP contribution in [0.2, 0.25) is 0 Å². The summed E-state index contributed by atoms with van der Waals surface area (Å²) in [5, 5.41) is 4.29. The molecule has 3 rings (SSSR count). The van der Waals surface area contributed by atoms with Crippen LogP contribution >= 0.6 is 0 Å². The molecule has 0 radical (unpaired) electrons. The van der Waals surface area contributed by atoms with Gasteiger partial charge in [0.1, 0.15) is 0 Å². The Morgan fingerprint density at radius 3 is 2.81 bits per heavy atom. The first-order valence-corrected chi connectivity index (χ1v) is 7.89. The van der Waals surface area contributed by atoms with Gasteiger partial charge in [-0.25, -0.2) is 0 Å². The van der Waals surface area contributed by atoms with E-state index in [9.17, 15) is 4.79 Å². The number of carbonyl (C=O) groups is 1. The summed E-state index contributed by atoms with van der Waals surface area (Å²) >= 11 is 0. The number of nitrogens with one attached hydrogen (secondary N) is 1. The third-order valence-corrected chi connectivity index (χ3v) is 4.46. The molecular weight excluding hydrogens is 260 g/mol. The van der Waals surface area contributed by atoms with Crippen molar-refractivity contribution in [3.63, 3.8) is 0 Å². The summed E-state index contributed by atoms with van der Waals surface area (Å²) < 4.78 is 0. The van der Waals surface area contributed by atoms with Crippen molar-refractivity contribution in [3.8, 4) is 0 Å². The molecule has 0 spiro atoms. The lowest BCUT2D eigenvalue weighted by Crippen LogP contribution is -2.38. The van der Waals surface area contributed by atoms with Crippen molar-refractivity contribution in [3.05, 3.63) is 42.1 Å². The number of hydrogen-bond acceptors (Lipinski definition) is 2. The molecule has 1 unspecified atom stereocenters. The lowest BCUT2D eigenvalue weighted by Gasteiger charge is -2.24. The van der Waals surface area contributed by atoms with Crippen molar-refractivity contribution in [2.24, 2.45) is 0 Å². The number of carbonyl (C=O) groups excluding carboxylic acids is 1. The Hall–Kier alpha value is -1.90. The van der Waals surface area contributed by atoms with Crippen molar-refractivity contribution in [2.45, 2.75) is 51.0 Å². The molecule has 1 aliphatic rings. The Bertz CT molecular complexity index is 632. The third kappa shape index (κ3) is 3.23. The van der Waals surface area contributed by atoms with Crippen LogP contribution in [0.3, 0.4) is 0 Å². The van der Waals surface area contributed by atoms with Gasteiger partial charge < -0.3 is 5.32 Å². The van der Waals surface area contributed by atoms with Gasteiger partial charge in [0, 0.05) is 17.6 Å². The van der Waals surface area contributed by atoms with Crippen LogP contribution < -0.4 is 5.32 Å². The van der Waals surface area contributed by atoms with E-state index >= 15 is 0 Å². The molecule has 110 valence electrons. The zero-order valence-corrected chi connectivity index (χ0v) is 12.5. The van der Waals surface area contributed by atoms with E-state index in [-0.39, 0.29) is 11.8 Å². The fourth-order valence-electron chi connectivity index (χ4n) is 3.05. The average Bonchev–Trinajstić information content (AvgIpc) is 2.54. The van der Waals surface area contributed by atoms with E-state index in [1.54, 1.807) is 0 Å². The molecule has 1 amide bonds. The summed E-state index contributed by atoms with van der Waals surface area (Å²) in [6.45, 7) is 1.96. The van der Waals surface area contributed by atoms with Crippen molar-refractivity contribution in [1.29, 1.82) is 0 Å². The molecule has 2 aromatic rings. The highest BCUT2D eigenvalue weighted by atomic mass is 16.1. The number of amides is 1. The van der Waals surface area contributed by atoms with Gasteiger partial charge in [-0.2, -0.15) is 0 Å². The van der Waals surface area contributed by atoms with Gasteiger partial charge in [-0.05, 0) is 37.5 Å². The van der Waals surface area contributed by atoms with Crippen molar-refractivity contribution in [1.82, 2.24) is 10.3 Å². The largest absolute Gasteiger partial charge is 0.353 e. The summed E-state index contributed by atoms with van der Waals surface area (Å²) in [5.74, 6) is -0.0250. The number of nitrogens with zero attached hydrogens (tertiary/aromatic N) is 1. The SMILES string of the molecule is CC(C(=O)NC1CCCCC1)c1cnc2ccccc2c1. The third-order valence-electron chi connectivity index (χ3n) is 4.46. The Morgan fingerprint density at radius 1 is 1.24 bits per heavy atom. The van der Waals surface area contributed by atoms with Crippen LogP contribution in [0.5, 0.6) is 0 Å². The van der Waals surface area contributed by atoms with Gasteiger partial charge in [-0.3, -0.25) is 9.78 Å². The second kappa shape index (κ2) is 6.25. The Balaban J connectivity index is 1.72. The minimum absolute atomic E-state index is 0.124. The van der Waals surface area contributed by atoms with E-state index in [2.05, 4.69) is 16.4 Å². The van der Waals surface area contributed by atoms with Crippen LogP contribution in [-0.2, 0) is 4.79 Å². The van der Waals surface area contributed by atoms with Gasteiger partial charge in [-0.15, -0.1) is 0 Å². The molecule has 1 atom stereocenters. The zero-order valence-electron chi connectivity index (χ0n) is 12.5. The van der Waals surface area contributed by atoms with E-state index in [0.717, 1.165) is 29.3 Å². The van der Waals surface area contributed by atoms with E-state index in [4.69, 9.17) is 0 Å². The molecule has 3 heteroatoms. The fourth-order valence-corrected chi connectivity index (χ4v) is 3.05. The maximum Gasteiger partial charge on any atom is 0.227 e. The fraction of sp³-hybridized carbons (Fsp3) is 0.444. The monoisotopic (exact) mass is 282 g/mol. The van der Waals surface area contributed by atoms with Crippen molar-refractivity contribution in [2.75, 3.05) is 0 Å². The first-order valence-electron chi connectivity index (χ1n) is 7.89. The normalized spacial score (nSPS) is 17.6. The summed E-state index contributed by atoms with van der Waals surface area (Å²) in [6.07, 6.45) is 7.83. The predicted octanol–water partition coefficient (Wildman–Crippen LogP) is 3.79. The lowest BCUT2D eigenvalue weighted by atomic mass is 9.94. The number of hydrogen-bond donors (Lipinski definition) is 1. The van der Waals surface area contributed by atoms with Gasteiger partial charge in [0.2, 0.25) is 5.91 Å². The highest BCUT2D eigenvalue weighted by molar-refractivity contribution is 5.85. The molecule has 3 nitrogen and oxygen atoms in total. The molecule has 1 N–H and O–H groups in total. The number of benzene rings is 1. The van der Waals surface area contributed by atoms with Gasteiger partial charge >= 0.3 is 0 Å². The van der Waals surface area contributed by atoms with Gasteiger partial charge in [0.05, 0.1) is 11.4 Å². The summed E-state index contributed by atoms with van der Waals surface area (Å²) in [4.78, 5) is 16.9. The summed E-state index contributed by atoms with van der Waals surface area (Å²) in [7, 11) is 0. The first kappa shape index (κ1) is 14.1. The van der Waals surface area contributed by atoms with Crippen LogP contribution in [0.15, 0.2) is 36.5 Å². The van der Waals surface area contributed by atoms with E-state index < -0.39 is 0 Å². The molecule has 0 saturated heterocycles. The highest BCUT2D eigenvalue weighted by Crippen LogP contribution is 2.22. The minimum Gasteiger partial charge on any atom is -0.353 e. The van der Waals surface area contributed by atoms with E-state index in [1.165, 1.54) is 19.3 Å². The van der Waals surface area contributed by atoms with E-state index in [1.807, 2.05) is 37.4 Å². The van der Waals surface area contributed by atoms with Crippen LogP contribution in [0.25, 0.3) is 10.9 Å². The second-order valence-corrected chi connectivity index (χ2v) is 6.03. The topological polar surface area (TPSA) is 42.0 Å². The zero-order chi connectivity index (χ0) is 14.7. The average molecular weight is 282 g/mol. The summed E-state index contributed by atoms with van der Waals surface area (Å²) in [5.41, 5.74) is 1.96. The second-order valence-electron chi connectivity index (χ2n) is 6.03. The molecule has 21 heavy (non-hydrogen) atoms. The number of fused-ring (bicyclic) bond motifs is 1. The first-order chi connectivity index (χ1) is 10.2. The smallest absolute Gasteiger partial charge is 0.227 e. The standard InChI is InChI=1S/C18H22N2O/c1-13(18(21)20-16-8-3-2-4-9-16)15-11-14-7-5-6-10-17(14)19-12-15/h5-7,10-13,16H,2-4,8-9H2,1H3,(H,20,21). The van der Waals surface area contributed by atoms with E-state index in [0.29, 0.717) is 6.04 Å². The van der Waals surface area contributed by atoms with Gasteiger partial charge in [0.15, 0.2) is 0 Å². The quantitative estimate of drug-likeness (QED) is 0.930. The van der Waals surface area contributed by atoms with Crippen LogP contribution in [-0.4, -0.2) is 16.9 Å². The molecule has 0 bridgehead atoms. The predicted molar refractivity (Wildman–Crippen MR) is 85.2 cm³/mol. The Labute approximate surface area is 125 Å². The Kier molecular flexibility index (Phi) is 4.18. The van der Waals surface area contributed by atoms with Crippen LogP contribution in [0.4, 0.5) is 0 Å². The van der Waals surface area contributed by atoms with Crippen LogP contribution in [0.1, 0.15) is 50.5 Å². The number of rotatable bonds is 3. The number of pyridine rings is 1. The molecule has 1 aromatic heterocycles. The maximum absolute atomic E-state index is 12.4. The lowest BCUT2D eigenvalue weighted by molar-refractivity contribution is -0.123. The molecule has 1 aliphatic carbocycles. The van der Waals surface area contributed by atoms with Crippen LogP contribution in [0, 0.1) is 0 Å². The molecule has 1 fully saturated rings. The molecule has 0 aliphatic heterocycles. The molecule has 1 aromatic carbocycles. The maximum atomic E-state index is 12.4. The highest BCUT2D eigenvalue weighted by Gasteiger charge is 2.21. The molecule has 1 saturated carbocycles. The van der Waals surface area contributed by atoms with Gasteiger partial charge in [-0.1, -0.05) is 37.5 Å². The number of para-hydroxylation sites is 1. The minimum atomic E-state index is -0.149. The molecule has 1 heterocycles. The van der Waals surface area contributed by atoms with Crippen molar-refractivity contribution < 1.29 is 4.79 Å². The van der Waals surface area contributed by atoms with Gasteiger partial charge in [0.25, 0.3) is 0 Å². The Morgan fingerprint density at radius 2 is 2.00 bits per heavy atom. The van der Waals surface area contributed by atoms with Crippen molar-refractivity contribution >= 4 is 16.8 Å². The summed E-state index contributed by atoms with van der Waals surface area (Å²) in [6, 6.07) is 10.5. The molecular formula is C18H22N2O. The number of aromatic nitrogens is 1.